The standard InChI is InChI=1S/C19H20F3N3O4/c1-10-6-25(7-11(2)28-10)16-12(8-26)5-13-15(23-29-17(13)14(16)20)18(27)24-4-3-19(21,22)9-24/h5,8,10-11H,3-4,6-7,9H2,1-2H3. The molecule has 0 saturated carbocycles. The lowest BCUT2D eigenvalue weighted by Gasteiger charge is -2.37. The number of hydrogen-bond donors (Lipinski definition) is 0. The summed E-state index contributed by atoms with van der Waals surface area (Å²) < 4.78 is 52.9. The van der Waals surface area contributed by atoms with E-state index in [1.807, 2.05) is 13.8 Å². The number of anilines is 1. The van der Waals surface area contributed by atoms with Crippen LogP contribution < -0.4 is 4.90 Å². The number of rotatable bonds is 3. The summed E-state index contributed by atoms with van der Waals surface area (Å²) in [4.78, 5) is 27.0. The molecule has 2 aliphatic rings. The van der Waals surface area contributed by atoms with Gasteiger partial charge in [0.25, 0.3) is 11.8 Å². The molecule has 0 bridgehead atoms. The number of fused-ring (bicyclic) bond motifs is 1. The van der Waals surface area contributed by atoms with Crippen molar-refractivity contribution in [2.45, 2.75) is 38.4 Å². The number of hydrogen-bond acceptors (Lipinski definition) is 6. The molecule has 0 N–H and O–H groups in total. The van der Waals surface area contributed by atoms with E-state index in [0.29, 0.717) is 19.4 Å². The van der Waals surface area contributed by atoms with Crippen LogP contribution in [0.15, 0.2) is 10.6 Å². The van der Waals surface area contributed by atoms with Gasteiger partial charge < -0.3 is 19.1 Å². The molecular formula is C19H20F3N3O4. The number of aromatic nitrogens is 1. The Hall–Kier alpha value is -2.62. The monoisotopic (exact) mass is 411 g/mol. The maximum atomic E-state index is 15.3. The Kier molecular flexibility index (Phi) is 4.76. The molecule has 156 valence electrons. The number of amides is 1. The number of alkyl halides is 2. The molecule has 7 nitrogen and oxygen atoms in total. The predicted octanol–water partition coefficient (Wildman–Crippen LogP) is 2.87. The molecule has 0 aliphatic carbocycles. The van der Waals surface area contributed by atoms with Crippen LogP contribution in [0.4, 0.5) is 18.9 Å². The van der Waals surface area contributed by atoms with Crippen molar-refractivity contribution in [3.8, 4) is 0 Å². The van der Waals surface area contributed by atoms with Gasteiger partial charge in [-0.1, -0.05) is 5.16 Å². The minimum absolute atomic E-state index is 0.0112. The Bertz CT molecular complexity index is 967. The number of carbonyl (C=O) groups excluding carboxylic acids is 2. The van der Waals surface area contributed by atoms with Crippen LogP contribution in [0.3, 0.4) is 0 Å². The summed E-state index contributed by atoms with van der Waals surface area (Å²) in [6.07, 6.45) is -0.289. The van der Waals surface area contributed by atoms with Crippen molar-refractivity contribution in [2.75, 3.05) is 31.1 Å². The Balaban J connectivity index is 1.75. The van der Waals surface area contributed by atoms with Crippen molar-refractivity contribution in [2.24, 2.45) is 0 Å². The fourth-order valence-corrected chi connectivity index (χ4v) is 4.03. The molecule has 10 heteroatoms. The highest BCUT2D eigenvalue weighted by Gasteiger charge is 2.42. The van der Waals surface area contributed by atoms with E-state index in [1.165, 1.54) is 6.07 Å². The lowest BCUT2D eigenvalue weighted by atomic mass is 10.1. The lowest BCUT2D eigenvalue weighted by Crippen LogP contribution is -2.46. The van der Waals surface area contributed by atoms with E-state index in [2.05, 4.69) is 5.16 Å². The average Bonchev–Trinajstić information content (AvgIpc) is 3.23. The number of morpholine rings is 1. The van der Waals surface area contributed by atoms with E-state index in [4.69, 9.17) is 9.26 Å². The predicted molar refractivity (Wildman–Crippen MR) is 97.0 cm³/mol. The third-order valence-corrected chi connectivity index (χ3v) is 5.23. The topological polar surface area (TPSA) is 75.9 Å². The van der Waals surface area contributed by atoms with Gasteiger partial charge in [-0.05, 0) is 19.9 Å². The third-order valence-electron chi connectivity index (χ3n) is 5.23. The average molecular weight is 411 g/mol. The lowest BCUT2D eigenvalue weighted by molar-refractivity contribution is -0.00543. The van der Waals surface area contributed by atoms with Crippen molar-refractivity contribution < 1.29 is 32.0 Å². The first-order chi connectivity index (χ1) is 13.7. The number of aldehydes is 1. The Labute approximate surface area is 164 Å². The van der Waals surface area contributed by atoms with Crippen LogP contribution in [0.5, 0.6) is 0 Å². The zero-order valence-electron chi connectivity index (χ0n) is 16.0. The highest BCUT2D eigenvalue weighted by Crippen LogP contribution is 2.35. The van der Waals surface area contributed by atoms with Crippen LogP contribution in [-0.2, 0) is 4.74 Å². The number of nitrogens with zero attached hydrogens (tertiary/aromatic N) is 3. The second-order valence-corrected chi connectivity index (χ2v) is 7.65. The second kappa shape index (κ2) is 7.01. The van der Waals surface area contributed by atoms with Gasteiger partial charge in [-0.3, -0.25) is 9.59 Å². The highest BCUT2D eigenvalue weighted by atomic mass is 19.3. The molecule has 4 rings (SSSR count). The van der Waals surface area contributed by atoms with E-state index in [1.54, 1.807) is 4.90 Å². The maximum Gasteiger partial charge on any atom is 0.276 e. The summed E-state index contributed by atoms with van der Waals surface area (Å²) in [6, 6.07) is 1.32. The normalized spacial score (nSPS) is 24.3. The van der Waals surface area contributed by atoms with Gasteiger partial charge in [0.15, 0.2) is 17.8 Å². The van der Waals surface area contributed by atoms with Gasteiger partial charge in [0.1, 0.15) is 0 Å². The number of benzene rings is 1. The first kappa shape index (κ1) is 19.7. The van der Waals surface area contributed by atoms with Gasteiger partial charge in [0, 0.05) is 31.6 Å². The minimum Gasteiger partial charge on any atom is -0.372 e. The molecule has 0 spiro atoms. The summed E-state index contributed by atoms with van der Waals surface area (Å²) in [7, 11) is 0. The van der Waals surface area contributed by atoms with Crippen molar-refractivity contribution in [3.63, 3.8) is 0 Å². The minimum atomic E-state index is -2.97. The molecule has 2 saturated heterocycles. The number of ether oxygens (including phenoxy) is 1. The summed E-state index contributed by atoms with van der Waals surface area (Å²) in [5.41, 5.74) is -0.487. The first-order valence-corrected chi connectivity index (χ1v) is 9.34. The fraction of sp³-hybridized carbons (Fsp3) is 0.526. The molecule has 1 aromatic heterocycles. The van der Waals surface area contributed by atoms with E-state index in [9.17, 15) is 18.4 Å². The molecule has 1 amide bonds. The van der Waals surface area contributed by atoms with Crippen LogP contribution in [0.25, 0.3) is 11.0 Å². The van der Waals surface area contributed by atoms with Crippen LogP contribution in [-0.4, -0.2) is 66.6 Å². The maximum absolute atomic E-state index is 15.3. The first-order valence-electron chi connectivity index (χ1n) is 9.34. The molecule has 2 fully saturated rings. The van der Waals surface area contributed by atoms with Crippen molar-refractivity contribution in [3.05, 3.63) is 23.1 Å². The zero-order valence-corrected chi connectivity index (χ0v) is 16.0. The molecule has 2 aromatic rings. The molecule has 2 atom stereocenters. The Morgan fingerprint density at radius 1 is 1.31 bits per heavy atom. The fourth-order valence-electron chi connectivity index (χ4n) is 4.03. The summed E-state index contributed by atoms with van der Waals surface area (Å²) in [6.45, 7) is 3.57. The Morgan fingerprint density at radius 3 is 2.59 bits per heavy atom. The molecular weight excluding hydrogens is 391 g/mol. The quantitative estimate of drug-likeness (QED) is 0.723. The van der Waals surface area contributed by atoms with Gasteiger partial charge >= 0.3 is 0 Å². The largest absolute Gasteiger partial charge is 0.372 e. The van der Waals surface area contributed by atoms with Crippen LogP contribution in [0.1, 0.15) is 41.1 Å². The summed E-state index contributed by atoms with van der Waals surface area (Å²) in [5, 5.41) is 3.62. The molecule has 3 heterocycles. The molecule has 1 aromatic carbocycles. The van der Waals surface area contributed by atoms with Crippen LogP contribution >= 0.6 is 0 Å². The van der Waals surface area contributed by atoms with Gasteiger partial charge in [-0.2, -0.15) is 0 Å². The van der Waals surface area contributed by atoms with E-state index in [-0.39, 0.29) is 46.7 Å². The van der Waals surface area contributed by atoms with Crippen LogP contribution in [0.2, 0.25) is 0 Å². The molecule has 29 heavy (non-hydrogen) atoms. The van der Waals surface area contributed by atoms with Gasteiger partial charge in [0.2, 0.25) is 5.58 Å². The molecule has 0 radical (unpaired) electrons. The Morgan fingerprint density at radius 2 is 2.00 bits per heavy atom. The molecule has 2 aliphatic heterocycles. The van der Waals surface area contributed by atoms with E-state index >= 15 is 4.39 Å². The van der Waals surface area contributed by atoms with E-state index in [0.717, 1.165) is 4.90 Å². The number of halogens is 3. The van der Waals surface area contributed by atoms with E-state index < -0.39 is 30.6 Å². The summed E-state index contributed by atoms with van der Waals surface area (Å²) in [5.74, 6) is -4.56. The highest BCUT2D eigenvalue weighted by molar-refractivity contribution is 6.07. The van der Waals surface area contributed by atoms with Crippen LogP contribution in [0, 0.1) is 5.82 Å². The number of likely N-dealkylation sites (tertiary alicyclic amines) is 1. The van der Waals surface area contributed by atoms with Crippen molar-refractivity contribution >= 4 is 28.8 Å². The SMILES string of the molecule is CC1CN(c2c(C=O)cc3c(C(=O)N4CCC(F)(F)C4)noc3c2F)CC(C)O1. The second-order valence-electron chi connectivity index (χ2n) is 7.65. The van der Waals surface area contributed by atoms with Gasteiger partial charge in [-0.25, -0.2) is 13.2 Å². The smallest absolute Gasteiger partial charge is 0.276 e. The summed E-state index contributed by atoms with van der Waals surface area (Å²) >= 11 is 0. The van der Waals surface area contributed by atoms with Gasteiger partial charge in [-0.15, -0.1) is 0 Å². The van der Waals surface area contributed by atoms with Crippen molar-refractivity contribution in [1.82, 2.24) is 10.1 Å². The van der Waals surface area contributed by atoms with Gasteiger partial charge in [0.05, 0.1) is 29.8 Å². The third kappa shape index (κ3) is 3.45. The number of carbonyl (C=O) groups is 2. The molecule has 2 unspecified atom stereocenters. The van der Waals surface area contributed by atoms with Crippen molar-refractivity contribution in [1.29, 1.82) is 0 Å². The zero-order chi connectivity index (χ0) is 20.9.